The van der Waals surface area contributed by atoms with Crippen molar-refractivity contribution in [3.63, 3.8) is 0 Å². The van der Waals surface area contributed by atoms with Crippen molar-refractivity contribution in [3.8, 4) is 0 Å². The predicted octanol–water partition coefficient (Wildman–Crippen LogP) is 2.54. The number of nitrogens with zero attached hydrogens (tertiary/aromatic N) is 1. The highest BCUT2D eigenvalue weighted by Crippen LogP contribution is 2.31. The summed E-state index contributed by atoms with van der Waals surface area (Å²) in [7, 11) is 0.530. The van der Waals surface area contributed by atoms with Gasteiger partial charge in [0.25, 0.3) is 0 Å². The highest BCUT2D eigenvalue weighted by molar-refractivity contribution is 7.33. The Hall–Kier alpha value is -0.420. The van der Waals surface area contributed by atoms with Gasteiger partial charge in [-0.25, -0.2) is 0 Å². The van der Waals surface area contributed by atoms with E-state index in [-0.39, 0.29) is 0 Å². The largest absolute Gasteiger partial charge is 0.146 e. The molecule has 0 fully saturated rings. The minimum atomic E-state index is 0.530. The summed E-state index contributed by atoms with van der Waals surface area (Å²) >= 11 is 0. The molecule has 1 unspecified atom stereocenters. The van der Waals surface area contributed by atoms with Gasteiger partial charge in [-0.2, -0.15) is 0 Å². The van der Waals surface area contributed by atoms with Gasteiger partial charge >= 0.3 is 0 Å². The van der Waals surface area contributed by atoms with E-state index in [4.69, 9.17) is 0 Å². The van der Waals surface area contributed by atoms with Crippen molar-refractivity contribution in [1.29, 1.82) is 0 Å². The minimum absolute atomic E-state index is 0.530. The third kappa shape index (κ3) is 1.19. The van der Waals surface area contributed by atoms with Crippen molar-refractivity contribution in [1.82, 2.24) is 5.73 Å². The topological polar surface area (TPSA) is 22.3 Å². The Morgan fingerprint density at radius 3 is 2.50 bits per heavy atom. The molecule has 1 atom stereocenters. The SMILES string of the molecule is CCc1c[pH]c([N])c1CC. The second kappa shape index (κ2) is 3.12. The smallest absolute Gasteiger partial charge is 0.105 e. The van der Waals surface area contributed by atoms with Crippen LogP contribution in [0.1, 0.15) is 25.0 Å². The maximum atomic E-state index is 9.33. The van der Waals surface area contributed by atoms with E-state index in [1.54, 1.807) is 0 Å². The van der Waals surface area contributed by atoms with Crippen LogP contribution in [0.25, 0.3) is 0 Å². The lowest BCUT2D eigenvalue weighted by molar-refractivity contribution is 1.05. The van der Waals surface area contributed by atoms with Gasteiger partial charge in [0.15, 0.2) is 0 Å². The summed E-state index contributed by atoms with van der Waals surface area (Å²) in [6.45, 7) is 4.22. The molecule has 1 aromatic rings. The molecule has 1 nitrogen and oxygen atoms in total. The van der Waals surface area contributed by atoms with E-state index in [1.807, 2.05) is 0 Å². The van der Waals surface area contributed by atoms with Gasteiger partial charge in [-0.15, -0.1) is 13.9 Å². The number of hydrogen-bond donors (Lipinski definition) is 0. The zero-order valence-corrected chi connectivity index (χ0v) is 7.44. The molecule has 0 aliphatic carbocycles. The monoisotopic (exact) mass is 153 g/mol. The van der Waals surface area contributed by atoms with Crippen LogP contribution in [0.15, 0.2) is 5.80 Å². The molecule has 0 saturated heterocycles. The van der Waals surface area contributed by atoms with E-state index in [0.717, 1.165) is 12.8 Å². The first kappa shape index (κ1) is 7.68. The van der Waals surface area contributed by atoms with Crippen molar-refractivity contribution < 1.29 is 0 Å². The molecule has 10 heavy (non-hydrogen) atoms. The lowest BCUT2D eigenvalue weighted by Crippen LogP contribution is -1.84. The zero-order chi connectivity index (χ0) is 7.56. The molecule has 1 rings (SSSR count). The molecule has 0 aliphatic rings. The standard InChI is InChI=1S/C8H12NP/c1-3-6-5-10-8(9)7(6)4-2/h5,10H,3-4H2,1-2H3. The molecule has 2 heteroatoms. The lowest BCUT2D eigenvalue weighted by atomic mass is 10.1. The first-order chi connectivity index (χ1) is 4.79. The van der Waals surface area contributed by atoms with Crippen molar-refractivity contribution in [3.05, 3.63) is 16.9 Å². The Balaban J connectivity index is 3.01. The van der Waals surface area contributed by atoms with Crippen LogP contribution in [0.2, 0.25) is 0 Å². The van der Waals surface area contributed by atoms with Gasteiger partial charge in [-0.3, -0.25) is 0 Å². The van der Waals surface area contributed by atoms with Crippen LogP contribution in [0, 0.1) is 0 Å². The quantitative estimate of drug-likeness (QED) is 0.623. The van der Waals surface area contributed by atoms with Gasteiger partial charge in [-0.1, -0.05) is 13.8 Å². The second-order valence-corrected chi connectivity index (χ2v) is 3.40. The average Bonchev–Trinajstić information content (AvgIpc) is 2.30. The molecule has 0 spiro atoms. The Morgan fingerprint density at radius 1 is 1.40 bits per heavy atom. The molecule has 0 saturated carbocycles. The van der Waals surface area contributed by atoms with E-state index in [2.05, 4.69) is 19.6 Å². The number of rotatable bonds is 2. The van der Waals surface area contributed by atoms with E-state index < -0.39 is 0 Å². The molecule has 1 aromatic heterocycles. The fourth-order valence-electron chi connectivity index (χ4n) is 1.19. The first-order valence-corrected chi connectivity index (χ1v) is 4.75. The van der Waals surface area contributed by atoms with Crippen LogP contribution in [-0.2, 0) is 12.8 Å². The van der Waals surface area contributed by atoms with Crippen LogP contribution in [0.3, 0.4) is 0 Å². The average molecular weight is 153 g/mol. The number of hydrogen-bond acceptors (Lipinski definition) is 0. The molecule has 2 radical (unpaired) electrons. The Morgan fingerprint density at radius 2 is 2.10 bits per heavy atom. The molecule has 1 heterocycles. The van der Waals surface area contributed by atoms with Crippen LogP contribution in [-0.4, -0.2) is 0 Å². The number of aryl methyl sites for hydroxylation is 1. The summed E-state index contributed by atoms with van der Waals surface area (Å²) in [4.78, 5) is 0. The van der Waals surface area contributed by atoms with E-state index in [1.165, 1.54) is 11.1 Å². The van der Waals surface area contributed by atoms with Crippen molar-refractivity contribution in [2.45, 2.75) is 26.7 Å². The van der Waals surface area contributed by atoms with Gasteiger partial charge in [-0.05, 0) is 29.8 Å². The zero-order valence-electron chi connectivity index (χ0n) is 6.44. The van der Waals surface area contributed by atoms with Crippen LogP contribution in [0.4, 0.5) is 5.42 Å². The Bertz CT molecular complexity index is 215. The molecule has 0 N–H and O–H groups in total. The maximum absolute atomic E-state index is 9.33. The molecule has 0 amide bonds. The molecule has 0 bridgehead atoms. The van der Waals surface area contributed by atoms with Crippen LogP contribution < -0.4 is 5.73 Å². The Kier molecular flexibility index (Phi) is 2.39. The third-order valence-corrected chi connectivity index (χ3v) is 2.86. The summed E-state index contributed by atoms with van der Waals surface area (Å²) in [6, 6.07) is 0. The van der Waals surface area contributed by atoms with Gasteiger partial charge in [0.1, 0.15) is 5.42 Å². The third-order valence-electron chi connectivity index (χ3n) is 1.79. The van der Waals surface area contributed by atoms with Crippen LogP contribution >= 0.6 is 8.19 Å². The summed E-state index contributed by atoms with van der Waals surface area (Å²) in [5.41, 5.74) is 12.5. The van der Waals surface area contributed by atoms with Gasteiger partial charge in [0.2, 0.25) is 0 Å². The van der Waals surface area contributed by atoms with Crippen molar-refractivity contribution in [2.24, 2.45) is 0 Å². The highest BCUT2D eigenvalue weighted by atomic mass is 31.0. The minimum Gasteiger partial charge on any atom is -0.146 e. The van der Waals surface area contributed by atoms with Gasteiger partial charge < -0.3 is 0 Å². The van der Waals surface area contributed by atoms with Crippen molar-refractivity contribution in [2.75, 3.05) is 0 Å². The fourth-order valence-corrected chi connectivity index (χ4v) is 2.39. The maximum Gasteiger partial charge on any atom is 0.105 e. The summed E-state index contributed by atoms with van der Waals surface area (Å²) in [6.07, 6.45) is 2.03. The predicted molar refractivity (Wildman–Crippen MR) is 46.5 cm³/mol. The van der Waals surface area contributed by atoms with Gasteiger partial charge in [0, 0.05) is 0 Å². The van der Waals surface area contributed by atoms with E-state index in [9.17, 15) is 5.73 Å². The normalized spacial score (nSPS) is 11.0. The molecule has 54 valence electrons. The highest BCUT2D eigenvalue weighted by Gasteiger charge is 2.04. The second-order valence-electron chi connectivity index (χ2n) is 2.35. The lowest BCUT2D eigenvalue weighted by Gasteiger charge is -1.96. The molecular weight excluding hydrogens is 141 g/mol. The van der Waals surface area contributed by atoms with E-state index >= 15 is 0 Å². The summed E-state index contributed by atoms with van der Waals surface area (Å²) in [5, 5.41) is 0. The molecular formula is C8H12NP. The molecule has 0 aromatic carbocycles. The summed E-state index contributed by atoms with van der Waals surface area (Å²) < 4.78 is 0. The summed E-state index contributed by atoms with van der Waals surface area (Å²) in [5.74, 6) is 2.15. The Labute approximate surface area is 63.7 Å². The van der Waals surface area contributed by atoms with Gasteiger partial charge in [0.05, 0.1) is 0 Å². The van der Waals surface area contributed by atoms with E-state index in [0.29, 0.717) is 13.6 Å². The molecule has 0 aliphatic heterocycles. The van der Waals surface area contributed by atoms with Crippen molar-refractivity contribution >= 4 is 13.6 Å². The fraction of sp³-hybridized carbons (Fsp3) is 0.500. The first-order valence-electron chi connectivity index (χ1n) is 3.67. The van der Waals surface area contributed by atoms with Crippen LogP contribution in [0.5, 0.6) is 0 Å².